The molecule has 7 heteroatoms. The molecule has 0 spiro atoms. The van der Waals surface area contributed by atoms with Gasteiger partial charge in [-0.2, -0.15) is 0 Å². The molecular weight excluding hydrogens is 470 g/mol. The monoisotopic (exact) mass is 525 g/mol. The molecule has 0 heterocycles. The molecule has 2 N–H and O–H groups in total. The SMILES string of the molecule is CCCCCCCCCC/C=C/CCCCCC[N+](CCCC(=O)[O-])(CCCC(=O)O)CCCC(=O)O. The summed E-state index contributed by atoms with van der Waals surface area (Å²) in [6.07, 6.45) is 23.6. The van der Waals surface area contributed by atoms with Crippen molar-refractivity contribution in [1.82, 2.24) is 0 Å². The van der Waals surface area contributed by atoms with Gasteiger partial charge in [-0.3, -0.25) is 9.59 Å². The van der Waals surface area contributed by atoms with Crippen molar-refractivity contribution in [3.63, 3.8) is 0 Å². The number of aliphatic carboxylic acids is 3. The third-order valence-corrected chi connectivity index (χ3v) is 7.20. The number of rotatable bonds is 28. The maximum absolute atomic E-state index is 11.0. The quantitative estimate of drug-likeness (QED) is 0.0724. The van der Waals surface area contributed by atoms with Crippen LogP contribution in [-0.4, -0.2) is 58.8 Å². The largest absolute Gasteiger partial charge is 0.550 e. The fourth-order valence-electron chi connectivity index (χ4n) is 5.06. The molecule has 216 valence electrons. The molecule has 0 aromatic carbocycles. The van der Waals surface area contributed by atoms with Crippen molar-refractivity contribution in [2.45, 2.75) is 135 Å². The van der Waals surface area contributed by atoms with Gasteiger partial charge in [0.15, 0.2) is 0 Å². The zero-order valence-corrected chi connectivity index (χ0v) is 23.6. The minimum atomic E-state index is -1.08. The second kappa shape index (κ2) is 24.4. The average Bonchev–Trinajstić information content (AvgIpc) is 2.83. The van der Waals surface area contributed by atoms with Crippen LogP contribution in [0.25, 0.3) is 0 Å². The lowest BCUT2D eigenvalue weighted by Crippen LogP contribution is -2.51. The fourth-order valence-corrected chi connectivity index (χ4v) is 5.06. The first-order chi connectivity index (χ1) is 17.8. The lowest BCUT2D eigenvalue weighted by atomic mass is 10.1. The second-order valence-corrected chi connectivity index (χ2v) is 10.6. The van der Waals surface area contributed by atoms with Gasteiger partial charge in [0, 0.05) is 25.2 Å². The molecule has 0 unspecified atom stereocenters. The predicted octanol–water partition coefficient (Wildman–Crippen LogP) is 6.10. The second-order valence-electron chi connectivity index (χ2n) is 10.6. The van der Waals surface area contributed by atoms with E-state index in [1.165, 1.54) is 57.8 Å². The number of carbonyl (C=O) groups excluding carboxylic acids is 1. The molecule has 0 saturated carbocycles. The van der Waals surface area contributed by atoms with Crippen molar-refractivity contribution in [3.8, 4) is 0 Å². The van der Waals surface area contributed by atoms with Crippen LogP contribution in [0, 0.1) is 0 Å². The maximum atomic E-state index is 11.0. The number of nitrogens with zero attached hydrogens (tertiary/aromatic N) is 1. The van der Waals surface area contributed by atoms with Crippen LogP contribution in [0.5, 0.6) is 0 Å². The van der Waals surface area contributed by atoms with E-state index >= 15 is 0 Å². The highest BCUT2D eigenvalue weighted by atomic mass is 16.4. The van der Waals surface area contributed by atoms with Gasteiger partial charge in [-0.25, -0.2) is 0 Å². The Hall–Kier alpha value is -1.89. The molecule has 0 amide bonds. The molecule has 0 atom stereocenters. The lowest BCUT2D eigenvalue weighted by molar-refractivity contribution is -0.929. The fraction of sp³-hybridized carbons (Fsp3) is 0.833. The first-order valence-electron chi connectivity index (χ1n) is 14.9. The molecule has 0 fully saturated rings. The van der Waals surface area contributed by atoms with E-state index in [9.17, 15) is 19.5 Å². The summed E-state index contributed by atoms with van der Waals surface area (Å²) in [5.41, 5.74) is 0. The summed E-state index contributed by atoms with van der Waals surface area (Å²) < 4.78 is 0.604. The molecular formula is C30H55NO6. The Kier molecular flexibility index (Phi) is 23.2. The summed E-state index contributed by atoms with van der Waals surface area (Å²) in [7, 11) is 0. The van der Waals surface area contributed by atoms with Gasteiger partial charge in [0.25, 0.3) is 0 Å². The summed E-state index contributed by atoms with van der Waals surface area (Å²) >= 11 is 0. The van der Waals surface area contributed by atoms with Crippen molar-refractivity contribution in [3.05, 3.63) is 12.2 Å². The lowest BCUT2D eigenvalue weighted by Gasteiger charge is -2.39. The first-order valence-corrected chi connectivity index (χ1v) is 14.9. The summed E-state index contributed by atoms with van der Waals surface area (Å²) in [5, 5.41) is 29.0. The molecule has 0 aliphatic heterocycles. The van der Waals surface area contributed by atoms with Crippen LogP contribution in [0.3, 0.4) is 0 Å². The van der Waals surface area contributed by atoms with Crippen molar-refractivity contribution < 1.29 is 34.2 Å². The third kappa shape index (κ3) is 24.2. The standard InChI is InChI=1S/C30H55NO6/c1-2-3-4-5-6-7-8-9-10-11-12-13-14-15-16-17-24-31(25-18-21-28(32)33,26-19-22-29(34)35)27-20-23-30(36)37/h11-12H,2-10,13-27H2,1H3,(H2-,32,33,34,35,36,37)/b12-11+. The Bertz CT molecular complexity index is 569. The highest BCUT2D eigenvalue weighted by Crippen LogP contribution is 2.18. The number of hydrogen-bond acceptors (Lipinski definition) is 4. The molecule has 7 nitrogen and oxygen atoms in total. The van der Waals surface area contributed by atoms with Gasteiger partial charge in [0.05, 0.1) is 39.0 Å². The number of allylic oxidation sites excluding steroid dienone is 2. The van der Waals surface area contributed by atoms with Gasteiger partial charge in [-0.15, -0.1) is 0 Å². The molecule has 0 radical (unpaired) electrons. The number of carboxylic acid groups (broad SMARTS) is 3. The molecule has 0 rings (SSSR count). The Morgan fingerprint density at radius 2 is 0.946 bits per heavy atom. The van der Waals surface area contributed by atoms with E-state index in [1.807, 2.05) is 0 Å². The molecule has 0 saturated heterocycles. The number of carbonyl (C=O) groups is 3. The van der Waals surface area contributed by atoms with Gasteiger partial charge < -0.3 is 24.6 Å². The van der Waals surface area contributed by atoms with Gasteiger partial charge in [-0.05, 0) is 44.9 Å². The molecule has 0 aromatic heterocycles. The predicted molar refractivity (Wildman–Crippen MR) is 147 cm³/mol. The minimum Gasteiger partial charge on any atom is -0.550 e. The van der Waals surface area contributed by atoms with Crippen molar-refractivity contribution in [2.24, 2.45) is 0 Å². The summed E-state index contributed by atoms with van der Waals surface area (Å²) in [4.78, 5) is 33.0. The Labute approximate surface area is 225 Å². The van der Waals surface area contributed by atoms with Gasteiger partial charge in [-0.1, -0.05) is 70.4 Å². The zero-order valence-electron chi connectivity index (χ0n) is 23.6. The highest BCUT2D eigenvalue weighted by molar-refractivity contribution is 5.66. The topological polar surface area (TPSA) is 115 Å². The molecule has 0 aromatic rings. The van der Waals surface area contributed by atoms with E-state index < -0.39 is 17.9 Å². The molecule has 0 aliphatic carbocycles. The van der Waals surface area contributed by atoms with Crippen LogP contribution < -0.4 is 5.11 Å². The van der Waals surface area contributed by atoms with E-state index in [0.717, 1.165) is 38.6 Å². The summed E-state index contributed by atoms with van der Waals surface area (Å²) in [6, 6.07) is 0. The van der Waals surface area contributed by atoms with Gasteiger partial charge in [0.1, 0.15) is 0 Å². The van der Waals surface area contributed by atoms with Crippen molar-refractivity contribution in [2.75, 3.05) is 26.2 Å². The van der Waals surface area contributed by atoms with E-state index in [0.29, 0.717) is 43.4 Å². The van der Waals surface area contributed by atoms with Crippen molar-refractivity contribution >= 4 is 17.9 Å². The van der Waals surface area contributed by atoms with Crippen molar-refractivity contribution in [1.29, 1.82) is 0 Å². The van der Waals surface area contributed by atoms with E-state index in [2.05, 4.69) is 19.1 Å². The molecule has 37 heavy (non-hydrogen) atoms. The molecule has 0 aliphatic rings. The van der Waals surface area contributed by atoms with E-state index in [-0.39, 0.29) is 19.3 Å². The summed E-state index contributed by atoms with van der Waals surface area (Å²) in [6.45, 7) is 4.99. The number of unbranched alkanes of at least 4 members (excludes halogenated alkanes) is 12. The van der Waals surface area contributed by atoms with Crippen LogP contribution >= 0.6 is 0 Å². The van der Waals surface area contributed by atoms with Crippen LogP contribution in [0.2, 0.25) is 0 Å². The van der Waals surface area contributed by atoms with Crippen LogP contribution in [0.4, 0.5) is 0 Å². The zero-order chi connectivity index (χ0) is 27.6. The van der Waals surface area contributed by atoms with Gasteiger partial charge in [0.2, 0.25) is 0 Å². The Morgan fingerprint density at radius 1 is 0.568 bits per heavy atom. The van der Waals surface area contributed by atoms with Crippen LogP contribution in [-0.2, 0) is 14.4 Å². The maximum Gasteiger partial charge on any atom is 0.303 e. The highest BCUT2D eigenvalue weighted by Gasteiger charge is 2.26. The molecule has 0 bridgehead atoms. The summed E-state index contributed by atoms with van der Waals surface area (Å²) in [5.74, 6) is -2.76. The average molecular weight is 526 g/mol. The normalized spacial score (nSPS) is 11.8. The van der Waals surface area contributed by atoms with E-state index in [4.69, 9.17) is 10.2 Å². The Morgan fingerprint density at radius 3 is 1.38 bits per heavy atom. The third-order valence-electron chi connectivity index (χ3n) is 7.20. The Balaban J connectivity index is 4.33. The van der Waals surface area contributed by atoms with Crippen LogP contribution in [0.15, 0.2) is 12.2 Å². The number of quaternary nitrogens is 1. The number of carboxylic acids is 3. The van der Waals surface area contributed by atoms with Crippen LogP contribution in [0.1, 0.15) is 135 Å². The smallest absolute Gasteiger partial charge is 0.303 e. The minimum absolute atomic E-state index is 0.0246. The number of hydrogen-bond donors (Lipinski definition) is 2. The van der Waals surface area contributed by atoms with Gasteiger partial charge >= 0.3 is 11.9 Å². The first kappa shape index (κ1) is 35.1. The van der Waals surface area contributed by atoms with E-state index in [1.54, 1.807) is 0 Å².